The summed E-state index contributed by atoms with van der Waals surface area (Å²) in [6.45, 7) is -0.172. The van der Waals surface area contributed by atoms with Crippen LogP contribution in [0.5, 0.6) is 0 Å². The summed E-state index contributed by atoms with van der Waals surface area (Å²) >= 11 is 0. The van der Waals surface area contributed by atoms with Gasteiger partial charge in [0, 0.05) is 24.0 Å². The highest BCUT2D eigenvalue weighted by atomic mass is 16.3. The summed E-state index contributed by atoms with van der Waals surface area (Å²) in [5, 5.41) is 9.20. The van der Waals surface area contributed by atoms with E-state index in [4.69, 9.17) is 0 Å². The number of Topliss-reactive ketones (excluding diaryl/α,β-unsaturated/α-hetero) is 2. The zero-order valence-corrected chi connectivity index (χ0v) is 11.1. The van der Waals surface area contributed by atoms with Gasteiger partial charge in [-0.25, -0.2) is 0 Å². The van der Waals surface area contributed by atoms with E-state index in [2.05, 4.69) is 0 Å². The molecule has 2 aromatic carbocycles. The van der Waals surface area contributed by atoms with Gasteiger partial charge in [-0.2, -0.15) is 0 Å². The molecule has 2 rings (SSSR count). The number of carbonyl (C=O) groups excluding carboxylic acids is 2. The first-order valence-corrected chi connectivity index (χ1v) is 6.52. The van der Waals surface area contributed by atoms with Crippen LogP contribution in [-0.2, 0) is 6.61 Å². The standard InChI is InChI=1S/C17H16O3/c18-12-14-8-4-5-9-15(14)17(20)11-10-16(19)13-6-2-1-3-7-13/h1-9,18H,10-12H2. The van der Waals surface area contributed by atoms with Gasteiger partial charge in [0.15, 0.2) is 11.6 Å². The molecule has 102 valence electrons. The lowest BCUT2D eigenvalue weighted by Gasteiger charge is -2.06. The highest BCUT2D eigenvalue weighted by Gasteiger charge is 2.13. The van der Waals surface area contributed by atoms with Crippen LogP contribution in [0.4, 0.5) is 0 Å². The number of benzene rings is 2. The Kier molecular flexibility index (Phi) is 4.80. The van der Waals surface area contributed by atoms with Crippen LogP contribution in [0.3, 0.4) is 0 Å². The normalized spacial score (nSPS) is 10.2. The predicted octanol–water partition coefficient (Wildman–Crippen LogP) is 3.02. The molecule has 0 bridgehead atoms. The molecule has 0 radical (unpaired) electrons. The molecule has 20 heavy (non-hydrogen) atoms. The number of rotatable bonds is 6. The molecular formula is C17H16O3. The minimum absolute atomic E-state index is 0.0413. The van der Waals surface area contributed by atoms with E-state index in [1.165, 1.54) is 0 Å². The maximum Gasteiger partial charge on any atom is 0.163 e. The highest BCUT2D eigenvalue weighted by Crippen LogP contribution is 2.14. The van der Waals surface area contributed by atoms with Gasteiger partial charge in [0.2, 0.25) is 0 Å². The van der Waals surface area contributed by atoms with Crippen LogP contribution >= 0.6 is 0 Å². The second-order valence-electron chi connectivity index (χ2n) is 4.53. The number of ketones is 2. The van der Waals surface area contributed by atoms with Gasteiger partial charge < -0.3 is 5.11 Å². The molecule has 0 atom stereocenters. The van der Waals surface area contributed by atoms with Gasteiger partial charge in [-0.15, -0.1) is 0 Å². The van der Waals surface area contributed by atoms with Crippen LogP contribution in [-0.4, -0.2) is 16.7 Å². The van der Waals surface area contributed by atoms with Crippen LogP contribution in [0.1, 0.15) is 39.1 Å². The lowest BCUT2D eigenvalue weighted by atomic mass is 9.98. The summed E-state index contributed by atoms with van der Waals surface area (Å²) in [5.74, 6) is -0.153. The van der Waals surface area contributed by atoms with Gasteiger partial charge in [-0.3, -0.25) is 9.59 Å². The van der Waals surface area contributed by atoms with Gasteiger partial charge in [-0.1, -0.05) is 54.6 Å². The highest BCUT2D eigenvalue weighted by molar-refractivity contribution is 6.02. The molecule has 0 spiro atoms. The molecule has 3 heteroatoms. The first-order chi connectivity index (χ1) is 9.72. The number of aliphatic hydroxyl groups excluding tert-OH is 1. The molecular weight excluding hydrogens is 252 g/mol. The van der Waals surface area contributed by atoms with Gasteiger partial charge in [0.05, 0.1) is 6.61 Å². The molecule has 0 saturated heterocycles. The number of hydrogen-bond acceptors (Lipinski definition) is 3. The molecule has 0 amide bonds. The number of hydrogen-bond donors (Lipinski definition) is 1. The van der Waals surface area contributed by atoms with Crippen LogP contribution in [0.15, 0.2) is 54.6 Å². The molecule has 0 aliphatic rings. The third kappa shape index (κ3) is 3.39. The van der Waals surface area contributed by atoms with Crippen molar-refractivity contribution in [1.82, 2.24) is 0 Å². The van der Waals surface area contributed by atoms with Crippen molar-refractivity contribution < 1.29 is 14.7 Å². The van der Waals surface area contributed by atoms with Crippen molar-refractivity contribution in [1.29, 1.82) is 0 Å². The fraction of sp³-hybridized carbons (Fsp3) is 0.176. The molecule has 0 aromatic heterocycles. The van der Waals surface area contributed by atoms with E-state index in [1.54, 1.807) is 48.5 Å². The van der Waals surface area contributed by atoms with E-state index in [-0.39, 0.29) is 31.0 Å². The van der Waals surface area contributed by atoms with Crippen molar-refractivity contribution in [2.45, 2.75) is 19.4 Å². The molecule has 0 aliphatic carbocycles. The van der Waals surface area contributed by atoms with E-state index >= 15 is 0 Å². The Bertz CT molecular complexity index is 603. The molecule has 0 aliphatic heterocycles. The molecule has 2 aromatic rings. The third-order valence-electron chi connectivity index (χ3n) is 3.16. The van der Waals surface area contributed by atoms with Crippen molar-refractivity contribution in [2.24, 2.45) is 0 Å². The second kappa shape index (κ2) is 6.78. The van der Waals surface area contributed by atoms with Gasteiger partial charge >= 0.3 is 0 Å². The van der Waals surface area contributed by atoms with E-state index in [0.29, 0.717) is 16.7 Å². The minimum Gasteiger partial charge on any atom is -0.392 e. The first-order valence-electron chi connectivity index (χ1n) is 6.52. The summed E-state index contributed by atoms with van der Waals surface area (Å²) in [7, 11) is 0. The Hall–Kier alpha value is -2.26. The summed E-state index contributed by atoms with van der Waals surface area (Å²) in [5.41, 5.74) is 1.72. The maximum absolute atomic E-state index is 12.1. The van der Waals surface area contributed by atoms with Crippen LogP contribution in [0, 0.1) is 0 Å². The lowest BCUT2D eigenvalue weighted by molar-refractivity contribution is 0.0916. The average molecular weight is 268 g/mol. The fourth-order valence-corrected chi connectivity index (χ4v) is 2.06. The maximum atomic E-state index is 12.1. The van der Waals surface area contributed by atoms with Gasteiger partial charge in [0.25, 0.3) is 0 Å². The van der Waals surface area contributed by atoms with E-state index < -0.39 is 0 Å². The summed E-state index contributed by atoms with van der Waals surface area (Å²) in [4.78, 5) is 24.0. The summed E-state index contributed by atoms with van der Waals surface area (Å²) in [6.07, 6.45) is 0.341. The minimum atomic E-state index is -0.172. The van der Waals surface area contributed by atoms with Crippen molar-refractivity contribution >= 4 is 11.6 Å². The molecule has 0 fully saturated rings. The Labute approximate surface area is 117 Å². The first kappa shape index (κ1) is 14.2. The van der Waals surface area contributed by atoms with Gasteiger partial charge in [0.1, 0.15) is 0 Å². The van der Waals surface area contributed by atoms with Crippen LogP contribution in [0.2, 0.25) is 0 Å². The Morgan fingerprint density at radius 3 is 2.10 bits per heavy atom. The van der Waals surface area contributed by atoms with Gasteiger partial charge in [-0.05, 0) is 5.56 Å². The van der Waals surface area contributed by atoms with Crippen molar-refractivity contribution in [2.75, 3.05) is 0 Å². The smallest absolute Gasteiger partial charge is 0.163 e. The Balaban J connectivity index is 2.01. The van der Waals surface area contributed by atoms with Crippen LogP contribution in [0.25, 0.3) is 0 Å². The zero-order valence-electron chi connectivity index (χ0n) is 11.1. The molecule has 0 unspecified atom stereocenters. The average Bonchev–Trinajstić information content (AvgIpc) is 2.53. The molecule has 0 heterocycles. The molecule has 0 saturated carbocycles. The predicted molar refractivity (Wildman–Crippen MR) is 76.7 cm³/mol. The van der Waals surface area contributed by atoms with Crippen molar-refractivity contribution in [3.63, 3.8) is 0 Å². The topological polar surface area (TPSA) is 54.4 Å². The monoisotopic (exact) mass is 268 g/mol. The third-order valence-corrected chi connectivity index (χ3v) is 3.16. The van der Waals surface area contributed by atoms with Crippen molar-refractivity contribution in [3.05, 3.63) is 71.3 Å². The van der Waals surface area contributed by atoms with Crippen molar-refractivity contribution in [3.8, 4) is 0 Å². The van der Waals surface area contributed by atoms with E-state index in [1.807, 2.05) is 6.07 Å². The van der Waals surface area contributed by atoms with Crippen LogP contribution < -0.4 is 0 Å². The second-order valence-corrected chi connectivity index (χ2v) is 4.53. The Morgan fingerprint density at radius 1 is 0.800 bits per heavy atom. The number of aliphatic hydroxyl groups is 1. The van der Waals surface area contributed by atoms with E-state index in [9.17, 15) is 14.7 Å². The molecule has 3 nitrogen and oxygen atoms in total. The fourth-order valence-electron chi connectivity index (χ4n) is 2.06. The number of carbonyl (C=O) groups is 2. The zero-order chi connectivity index (χ0) is 14.4. The lowest BCUT2D eigenvalue weighted by Crippen LogP contribution is -2.07. The summed E-state index contributed by atoms with van der Waals surface area (Å²) in [6, 6.07) is 15.9. The Morgan fingerprint density at radius 2 is 1.40 bits per heavy atom. The summed E-state index contributed by atoms with van der Waals surface area (Å²) < 4.78 is 0. The largest absolute Gasteiger partial charge is 0.392 e. The quantitative estimate of drug-likeness (QED) is 0.819. The van der Waals surface area contributed by atoms with E-state index in [0.717, 1.165) is 0 Å². The molecule has 1 N–H and O–H groups in total. The SMILES string of the molecule is O=C(CCC(=O)c1ccccc1CO)c1ccccc1.